The Morgan fingerprint density at radius 3 is 1.98 bits per heavy atom. The average Bonchev–Trinajstić information content (AvgIpc) is 3.50. The summed E-state index contributed by atoms with van der Waals surface area (Å²) in [6.45, 7) is 0.520. The number of benzene rings is 5. The second-order valence-corrected chi connectivity index (χ2v) is 14.7. The van der Waals surface area contributed by atoms with Gasteiger partial charge in [0.25, 0.3) is 0 Å². The molecule has 0 atom stereocenters. The Balaban J connectivity index is 1.17. The SMILES string of the molecule is COC(=O)c1ccc(Cn2cc(-c3ccc(Cl)cc3Cl)nc2/C=C/c2ccc(-c3ccc(Oc4ccc(CS(C)(=O)=O)cc4)cc3)cc2)cc1. The first-order chi connectivity index (χ1) is 24.0. The van der Waals surface area contributed by atoms with Crippen molar-refractivity contribution in [2.45, 2.75) is 12.3 Å². The first kappa shape index (κ1) is 34.7. The number of esters is 1. The number of aromatic nitrogens is 2. The van der Waals surface area contributed by atoms with Crippen molar-refractivity contribution in [3.8, 4) is 33.9 Å². The van der Waals surface area contributed by atoms with Crippen LogP contribution in [0.5, 0.6) is 11.5 Å². The summed E-state index contributed by atoms with van der Waals surface area (Å²) in [6.07, 6.45) is 7.14. The maximum atomic E-state index is 11.9. The molecule has 252 valence electrons. The Labute approximate surface area is 301 Å². The lowest BCUT2D eigenvalue weighted by molar-refractivity contribution is 0.0600. The van der Waals surface area contributed by atoms with Gasteiger partial charge in [0, 0.05) is 29.6 Å². The van der Waals surface area contributed by atoms with Crippen LogP contribution in [0, 0.1) is 0 Å². The summed E-state index contributed by atoms with van der Waals surface area (Å²) in [5, 5.41) is 1.06. The van der Waals surface area contributed by atoms with Crippen LogP contribution >= 0.6 is 23.2 Å². The average molecular weight is 724 g/mol. The number of rotatable bonds is 11. The maximum Gasteiger partial charge on any atom is 0.337 e. The van der Waals surface area contributed by atoms with E-state index in [1.807, 2.05) is 77.5 Å². The van der Waals surface area contributed by atoms with Gasteiger partial charge in [-0.15, -0.1) is 0 Å². The molecule has 7 nitrogen and oxygen atoms in total. The van der Waals surface area contributed by atoms with Crippen molar-refractivity contribution >= 4 is 51.2 Å². The van der Waals surface area contributed by atoms with E-state index in [2.05, 4.69) is 12.1 Å². The third kappa shape index (κ3) is 8.90. The lowest BCUT2D eigenvalue weighted by atomic mass is 10.0. The minimum absolute atomic E-state index is 0.00268. The predicted octanol–water partition coefficient (Wildman–Crippen LogP) is 9.87. The van der Waals surface area contributed by atoms with Gasteiger partial charge in [0.15, 0.2) is 9.84 Å². The number of carbonyl (C=O) groups is 1. The third-order valence-corrected chi connectivity index (χ3v) is 9.26. The number of methoxy groups -OCH3 is 1. The second kappa shape index (κ2) is 15.2. The molecule has 1 aromatic heterocycles. The standard InChI is InChI=1S/C40H32Cl2N2O5S/c1-48-40(45)32-12-5-28(6-13-32)24-44-25-38(36-21-16-33(41)23-37(36)42)43-39(44)22-9-27-3-10-30(11-4-27)31-14-19-35(20-15-31)49-34-17-7-29(8-18-34)26-50(2,46)47/h3-23,25H,24,26H2,1-2H3/b22-9+. The zero-order chi connectivity index (χ0) is 35.3. The summed E-state index contributed by atoms with van der Waals surface area (Å²) >= 11 is 12.7. The van der Waals surface area contributed by atoms with Gasteiger partial charge in [0.1, 0.15) is 17.3 Å². The van der Waals surface area contributed by atoms with Crippen LogP contribution in [0.1, 0.15) is 32.9 Å². The zero-order valence-electron chi connectivity index (χ0n) is 27.2. The highest BCUT2D eigenvalue weighted by molar-refractivity contribution is 7.89. The van der Waals surface area contributed by atoms with Gasteiger partial charge < -0.3 is 14.0 Å². The van der Waals surface area contributed by atoms with Crippen LogP contribution in [0.4, 0.5) is 0 Å². The largest absolute Gasteiger partial charge is 0.465 e. The van der Waals surface area contributed by atoms with E-state index in [9.17, 15) is 13.2 Å². The highest BCUT2D eigenvalue weighted by atomic mass is 35.5. The van der Waals surface area contributed by atoms with Crippen LogP contribution in [-0.2, 0) is 26.9 Å². The fourth-order valence-corrected chi connectivity index (χ4v) is 6.65. The summed E-state index contributed by atoms with van der Waals surface area (Å²) < 4.78 is 35.9. The van der Waals surface area contributed by atoms with Crippen molar-refractivity contribution in [1.29, 1.82) is 0 Å². The number of sulfone groups is 1. The van der Waals surface area contributed by atoms with E-state index in [0.29, 0.717) is 39.3 Å². The quantitative estimate of drug-likeness (QED) is 0.124. The normalized spacial score (nSPS) is 11.5. The van der Waals surface area contributed by atoms with Crippen LogP contribution in [0.25, 0.3) is 34.5 Å². The Morgan fingerprint density at radius 1 is 0.780 bits per heavy atom. The van der Waals surface area contributed by atoms with Crippen molar-refractivity contribution in [2.24, 2.45) is 0 Å². The highest BCUT2D eigenvalue weighted by Crippen LogP contribution is 2.31. The summed E-state index contributed by atoms with van der Waals surface area (Å²) in [5.74, 6) is 1.65. The molecule has 5 aromatic carbocycles. The van der Waals surface area contributed by atoms with E-state index in [1.165, 1.54) is 13.4 Å². The van der Waals surface area contributed by atoms with Crippen molar-refractivity contribution in [3.63, 3.8) is 0 Å². The molecule has 0 aliphatic heterocycles. The number of ether oxygens (including phenoxy) is 2. The molecular formula is C40H32Cl2N2O5S. The summed E-state index contributed by atoms with van der Waals surface area (Å²) in [6, 6.07) is 35.7. The van der Waals surface area contributed by atoms with E-state index in [1.54, 1.807) is 48.5 Å². The number of imidazole rings is 1. The number of hydrogen-bond donors (Lipinski definition) is 0. The molecule has 0 amide bonds. The van der Waals surface area contributed by atoms with E-state index in [4.69, 9.17) is 37.7 Å². The third-order valence-electron chi connectivity index (χ3n) is 7.85. The Hall–Kier alpha value is -5.15. The minimum Gasteiger partial charge on any atom is -0.465 e. The smallest absolute Gasteiger partial charge is 0.337 e. The van der Waals surface area contributed by atoms with Gasteiger partial charge in [-0.1, -0.05) is 89.9 Å². The molecule has 6 rings (SSSR count). The first-order valence-corrected chi connectivity index (χ1v) is 18.4. The molecule has 0 aliphatic carbocycles. The van der Waals surface area contributed by atoms with Crippen molar-refractivity contribution in [1.82, 2.24) is 9.55 Å². The van der Waals surface area contributed by atoms with Crippen LogP contribution in [0.15, 0.2) is 121 Å². The van der Waals surface area contributed by atoms with E-state index < -0.39 is 9.84 Å². The monoisotopic (exact) mass is 722 g/mol. The van der Waals surface area contributed by atoms with Gasteiger partial charge in [0.05, 0.1) is 29.1 Å². The van der Waals surface area contributed by atoms with Gasteiger partial charge in [-0.05, 0) is 88.5 Å². The molecular weight excluding hydrogens is 691 g/mol. The number of halogens is 2. The molecule has 0 saturated carbocycles. The fourth-order valence-electron chi connectivity index (χ4n) is 5.34. The Bertz CT molecular complexity index is 2260. The van der Waals surface area contributed by atoms with Gasteiger partial charge in [-0.3, -0.25) is 0 Å². The van der Waals surface area contributed by atoms with Crippen molar-refractivity contribution in [3.05, 3.63) is 160 Å². The summed E-state index contributed by atoms with van der Waals surface area (Å²) in [5.41, 5.74) is 6.76. The van der Waals surface area contributed by atoms with E-state index >= 15 is 0 Å². The van der Waals surface area contributed by atoms with Crippen molar-refractivity contribution < 1.29 is 22.7 Å². The van der Waals surface area contributed by atoms with Crippen LogP contribution in [0.3, 0.4) is 0 Å². The van der Waals surface area contributed by atoms with E-state index in [0.717, 1.165) is 39.2 Å². The van der Waals surface area contributed by atoms with Gasteiger partial charge in [-0.25, -0.2) is 18.2 Å². The molecule has 0 N–H and O–H groups in total. The molecule has 0 aliphatic rings. The second-order valence-electron chi connectivity index (χ2n) is 11.7. The molecule has 10 heteroatoms. The highest BCUT2D eigenvalue weighted by Gasteiger charge is 2.13. The lowest BCUT2D eigenvalue weighted by Gasteiger charge is -2.08. The van der Waals surface area contributed by atoms with E-state index in [-0.39, 0.29) is 11.7 Å². The molecule has 50 heavy (non-hydrogen) atoms. The molecule has 0 radical (unpaired) electrons. The van der Waals surface area contributed by atoms with Crippen LogP contribution < -0.4 is 4.74 Å². The number of carbonyl (C=O) groups excluding carboxylic acids is 1. The van der Waals surface area contributed by atoms with Crippen molar-refractivity contribution in [2.75, 3.05) is 13.4 Å². The van der Waals surface area contributed by atoms with Crippen LogP contribution in [0.2, 0.25) is 10.0 Å². The molecule has 0 spiro atoms. The molecule has 0 unspecified atom stereocenters. The minimum atomic E-state index is -3.09. The molecule has 1 heterocycles. The van der Waals surface area contributed by atoms with Gasteiger partial charge >= 0.3 is 5.97 Å². The fraction of sp³-hybridized carbons (Fsp3) is 0.100. The summed E-state index contributed by atoms with van der Waals surface area (Å²) in [4.78, 5) is 16.8. The number of hydrogen-bond acceptors (Lipinski definition) is 6. The van der Waals surface area contributed by atoms with Crippen LogP contribution in [-0.4, -0.2) is 37.3 Å². The predicted molar refractivity (Wildman–Crippen MR) is 200 cm³/mol. The first-order valence-electron chi connectivity index (χ1n) is 15.6. The topological polar surface area (TPSA) is 87.5 Å². The maximum absolute atomic E-state index is 11.9. The van der Waals surface area contributed by atoms with Gasteiger partial charge in [-0.2, -0.15) is 0 Å². The Morgan fingerprint density at radius 2 is 1.38 bits per heavy atom. The zero-order valence-corrected chi connectivity index (χ0v) is 29.5. The Kier molecular flexibility index (Phi) is 10.5. The molecule has 6 aromatic rings. The molecule has 0 fully saturated rings. The number of nitrogens with zero attached hydrogens (tertiary/aromatic N) is 2. The van der Waals surface area contributed by atoms with Gasteiger partial charge in [0.2, 0.25) is 0 Å². The summed E-state index contributed by atoms with van der Waals surface area (Å²) in [7, 11) is -1.73. The molecule has 0 bridgehead atoms. The molecule has 0 saturated heterocycles. The lowest BCUT2D eigenvalue weighted by Crippen LogP contribution is -2.03.